The summed E-state index contributed by atoms with van der Waals surface area (Å²) in [6.45, 7) is 0. The second-order valence-electron chi connectivity index (χ2n) is 3.58. The van der Waals surface area contributed by atoms with Crippen molar-refractivity contribution >= 4 is 0 Å². The van der Waals surface area contributed by atoms with E-state index in [0.717, 1.165) is 11.3 Å². The highest BCUT2D eigenvalue weighted by molar-refractivity contribution is 5.71. The molecule has 0 heterocycles. The molecule has 0 saturated carbocycles. The van der Waals surface area contributed by atoms with Crippen LogP contribution in [0.5, 0.6) is 11.5 Å². The minimum Gasteiger partial charge on any atom is -0.497 e. The van der Waals surface area contributed by atoms with Gasteiger partial charge < -0.3 is 9.47 Å². The van der Waals surface area contributed by atoms with Gasteiger partial charge in [0.15, 0.2) is 0 Å². The number of rotatable bonds is 3. The lowest BCUT2D eigenvalue weighted by molar-refractivity contribution is 0.413. The first kappa shape index (κ1) is 11.5. The van der Waals surface area contributed by atoms with E-state index in [2.05, 4.69) is 0 Å². The molecule has 2 rings (SSSR count). The van der Waals surface area contributed by atoms with Gasteiger partial charge in [0.1, 0.15) is 17.3 Å². The van der Waals surface area contributed by atoms with Gasteiger partial charge in [-0.1, -0.05) is 12.1 Å². The van der Waals surface area contributed by atoms with Gasteiger partial charge in [0.05, 0.1) is 14.2 Å². The van der Waals surface area contributed by atoms with Crippen molar-refractivity contribution in [3.05, 3.63) is 48.3 Å². The lowest BCUT2D eigenvalue weighted by atomic mass is 10.0. The zero-order valence-corrected chi connectivity index (χ0v) is 9.74. The predicted molar refractivity (Wildman–Crippen MR) is 64.9 cm³/mol. The van der Waals surface area contributed by atoms with E-state index in [1.54, 1.807) is 20.3 Å². The monoisotopic (exact) mass is 232 g/mol. The normalized spacial score (nSPS) is 10.1. The first-order valence-electron chi connectivity index (χ1n) is 5.22. The highest BCUT2D eigenvalue weighted by atomic mass is 19.1. The Morgan fingerprint density at radius 1 is 0.941 bits per heavy atom. The van der Waals surface area contributed by atoms with Crippen LogP contribution in [0.1, 0.15) is 0 Å². The highest BCUT2D eigenvalue weighted by Crippen LogP contribution is 2.32. The summed E-state index contributed by atoms with van der Waals surface area (Å²) in [4.78, 5) is 0. The maximum Gasteiger partial charge on any atom is 0.126 e. The van der Waals surface area contributed by atoms with Gasteiger partial charge in [-0.3, -0.25) is 0 Å². The summed E-state index contributed by atoms with van der Waals surface area (Å²) in [6.07, 6.45) is 0. The summed E-state index contributed by atoms with van der Waals surface area (Å²) < 4.78 is 23.6. The Kier molecular flexibility index (Phi) is 3.28. The largest absolute Gasteiger partial charge is 0.497 e. The molecule has 2 aromatic carbocycles. The molecule has 0 atom stereocenters. The number of methoxy groups -OCH3 is 2. The third kappa shape index (κ3) is 2.38. The molecule has 2 nitrogen and oxygen atoms in total. The molecule has 0 saturated heterocycles. The van der Waals surface area contributed by atoms with Crippen molar-refractivity contribution in [1.29, 1.82) is 0 Å². The van der Waals surface area contributed by atoms with Crippen molar-refractivity contribution in [3.63, 3.8) is 0 Å². The quantitative estimate of drug-likeness (QED) is 0.806. The lowest BCUT2D eigenvalue weighted by Gasteiger charge is -2.09. The van der Waals surface area contributed by atoms with Crippen molar-refractivity contribution in [2.45, 2.75) is 0 Å². The van der Waals surface area contributed by atoms with Gasteiger partial charge >= 0.3 is 0 Å². The molecule has 0 aromatic heterocycles. The summed E-state index contributed by atoms with van der Waals surface area (Å²) in [7, 11) is 3.17. The minimum atomic E-state index is -0.288. The maximum absolute atomic E-state index is 13.3. The Morgan fingerprint density at radius 2 is 1.76 bits per heavy atom. The van der Waals surface area contributed by atoms with Crippen molar-refractivity contribution in [1.82, 2.24) is 0 Å². The zero-order valence-electron chi connectivity index (χ0n) is 9.74. The molecule has 17 heavy (non-hydrogen) atoms. The predicted octanol–water partition coefficient (Wildman–Crippen LogP) is 3.51. The van der Waals surface area contributed by atoms with E-state index >= 15 is 0 Å². The van der Waals surface area contributed by atoms with Gasteiger partial charge in [-0.05, 0) is 35.9 Å². The van der Waals surface area contributed by atoms with Crippen LogP contribution in [0.25, 0.3) is 11.1 Å². The second kappa shape index (κ2) is 4.87. The van der Waals surface area contributed by atoms with Crippen LogP contribution in [0, 0.1) is 5.82 Å². The summed E-state index contributed by atoms with van der Waals surface area (Å²) in [5.74, 6) is 1.08. The zero-order chi connectivity index (χ0) is 12.3. The van der Waals surface area contributed by atoms with Crippen LogP contribution < -0.4 is 9.47 Å². The van der Waals surface area contributed by atoms with Crippen molar-refractivity contribution in [3.8, 4) is 22.6 Å². The van der Waals surface area contributed by atoms with Gasteiger partial charge in [0.2, 0.25) is 0 Å². The fourth-order valence-electron chi connectivity index (χ4n) is 1.70. The molecular weight excluding hydrogens is 219 g/mol. The Labute approximate surface area is 99.6 Å². The summed E-state index contributed by atoms with van der Waals surface area (Å²) in [6, 6.07) is 11.9. The molecule has 0 unspecified atom stereocenters. The summed E-state index contributed by atoms with van der Waals surface area (Å²) >= 11 is 0. The lowest BCUT2D eigenvalue weighted by Crippen LogP contribution is -1.90. The Bertz CT molecular complexity index is 523. The second-order valence-corrected chi connectivity index (χ2v) is 3.58. The molecule has 0 radical (unpaired) electrons. The van der Waals surface area contributed by atoms with Crippen LogP contribution in [-0.4, -0.2) is 14.2 Å². The van der Waals surface area contributed by atoms with Crippen LogP contribution >= 0.6 is 0 Å². The molecule has 0 spiro atoms. The van der Waals surface area contributed by atoms with Crippen molar-refractivity contribution in [2.75, 3.05) is 14.2 Å². The van der Waals surface area contributed by atoms with Crippen LogP contribution in [-0.2, 0) is 0 Å². The van der Waals surface area contributed by atoms with E-state index < -0.39 is 0 Å². The fraction of sp³-hybridized carbons (Fsp3) is 0.143. The van der Waals surface area contributed by atoms with Gasteiger partial charge in [-0.25, -0.2) is 4.39 Å². The molecule has 0 aliphatic heterocycles. The molecule has 0 aliphatic carbocycles. The fourth-order valence-corrected chi connectivity index (χ4v) is 1.70. The molecule has 0 N–H and O–H groups in total. The third-order valence-electron chi connectivity index (χ3n) is 2.54. The van der Waals surface area contributed by atoms with E-state index in [9.17, 15) is 4.39 Å². The number of hydrogen-bond donors (Lipinski definition) is 0. The Morgan fingerprint density at radius 3 is 2.47 bits per heavy atom. The van der Waals surface area contributed by atoms with Crippen LogP contribution in [0.4, 0.5) is 4.39 Å². The van der Waals surface area contributed by atoms with Crippen LogP contribution in [0.3, 0.4) is 0 Å². The minimum absolute atomic E-state index is 0.288. The number of halogens is 1. The molecule has 0 amide bonds. The SMILES string of the molecule is COc1cccc(-c2cc(F)ccc2OC)c1. The number of ether oxygens (including phenoxy) is 2. The number of hydrogen-bond acceptors (Lipinski definition) is 2. The van der Waals surface area contributed by atoms with Gasteiger partial charge in [-0.2, -0.15) is 0 Å². The molecule has 0 aliphatic rings. The van der Waals surface area contributed by atoms with Gasteiger partial charge in [0.25, 0.3) is 0 Å². The Hall–Kier alpha value is -2.03. The van der Waals surface area contributed by atoms with Crippen molar-refractivity contribution in [2.24, 2.45) is 0 Å². The van der Waals surface area contributed by atoms with E-state index in [1.165, 1.54) is 12.1 Å². The van der Waals surface area contributed by atoms with E-state index in [4.69, 9.17) is 9.47 Å². The number of benzene rings is 2. The molecule has 2 aromatic rings. The topological polar surface area (TPSA) is 18.5 Å². The maximum atomic E-state index is 13.3. The molecular formula is C14H13FO2. The molecule has 3 heteroatoms. The molecule has 0 fully saturated rings. The van der Waals surface area contributed by atoms with Gasteiger partial charge in [0, 0.05) is 5.56 Å². The highest BCUT2D eigenvalue weighted by Gasteiger charge is 2.07. The third-order valence-corrected chi connectivity index (χ3v) is 2.54. The average Bonchev–Trinajstić information content (AvgIpc) is 2.39. The standard InChI is InChI=1S/C14H13FO2/c1-16-12-5-3-4-10(8-12)13-9-11(15)6-7-14(13)17-2/h3-9H,1-2H3. The first-order chi connectivity index (χ1) is 8.24. The van der Waals surface area contributed by atoms with Crippen LogP contribution in [0.15, 0.2) is 42.5 Å². The van der Waals surface area contributed by atoms with E-state index in [0.29, 0.717) is 11.3 Å². The van der Waals surface area contributed by atoms with Crippen molar-refractivity contribution < 1.29 is 13.9 Å². The summed E-state index contributed by atoms with van der Waals surface area (Å²) in [5, 5.41) is 0. The first-order valence-corrected chi connectivity index (χ1v) is 5.22. The molecule has 88 valence electrons. The smallest absolute Gasteiger partial charge is 0.126 e. The Balaban J connectivity index is 2.54. The average molecular weight is 232 g/mol. The summed E-state index contributed by atoms with van der Waals surface area (Å²) in [5.41, 5.74) is 1.58. The van der Waals surface area contributed by atoms with Crippen LogP contribution in [0.2, 0.25) is 0 Å². The molecule has 0 bridgehead atoms. The van der Waals surface area contributed by atoms with E-state index in [-0.39, 0.29) is 5.82 Å². The van der Waals surface area contributed by atoms with E-state index in [1.807, 2.05) is 24.3 Å². The van der Waals surface area contributed by atoms with Gasteiger partial charge in [-0.15, -0.1) is 0 Å².